The number of halogens is 3. The van der Waals surface area contributed by atoms with Crippen molar-refractivity contribution in [3.05, 3.63) is 23.0 Å². The van der Waals surface area contributed by atoms with Crippen molar-refractivity contribution in [2.24, 2.45) is 0 Å². The lowest BCUT2D eigenvalue weighted by Gasteiger charge is -1.99. The second-order valence-corrected chi connectivity index (χ2v) is 2.88. The Balaban J connectivity index is 3.21. The van der Waals surface area contributed by atoms with Crippen molar-refractivity contribution in [3.63, 3.8) is 0 Å². The molecule has 0 heterocycles. The van der Waals surface area contributed by atoms with Gasteiger partial charge in [0, 0.05) is 0 Å². The largest absolute Gasteiger partial charge is 0.397 e. The van der Waals surface area contributed by atoms with Crippen LogP contribution in [0.2, 0.25) is 5.02 Å². The summed E-state index contributed by atoms with van der Waals surface area (Å²) in [5.41, 5.74) is 5.35. The van der Waals surface area contributed by atoms with Gasteiger partial charge in [-0.05, 0) is 12.1 Å². The molecule has 2 N–H and O–H groups in total. The first-order valence-corrected chi connectivity index (χ1v) is 3.77. The van der Waals surface area contributed by atoms with Crippen molar-refractivity contribution in [2.75, 3.05) is 5.73 Å². The molecule has 0 atom stereocenters. The molecular weight excluding hydrogens is 192 g/mol. The van der Waals surface area contributed by atoms with Crippen LogP contribution in [0.1, 0.15) is 0 Å². The van der Waals surface area contributed by atoms with Crippen molar-refractivity contribution in [3.8, 4) is 0 Å². The predicted octanol–water partition coefficient (Wildman–Crippen LogP) is 3.04. The van der Waals surface area contributed by atoms with Crippen molar-refractivity contribution in [1.29, 1.82) is 0 Å². The Kier molecular flexibility index (Phi) is 2.57. The van der Waals surface area contributed by atoms with Crippen molar-refractivity contribution < 1.29 is 8.28 Å². The molecule has 0 fully saturated rings. The maximum Gasteiger partial charge on any atom is 0.141 e. The van der Waals surface area contributed by atoms with Crippen molar-refractivity contribution in [2.45, 2.75) is 4.90 Å². The molecule has 0 amide bonds. The molecule has 1 nitrogen and oxygen atoms in total. The molecule has 5 heteroatoms. The Hall–Kier alpha value is -0.480. The Morgan fingerprint density at radius 3 is 2.64 bits per heavy atom. The van der Waals surface area contributed by atoms with Crippen LogP contribution < -0.4 is 5.73 Å². The van der Waals surface area contributed by atoms with E-state index in [0.717, 1.165) is 12.1 Å². The van der Waals surface area contributed by atoms with Crippen LogP contribution in [0.25, 0.3) is 0 Å². The first kappa shape index (κ1) is 8.62. The lowest BCUT2D eigenvalue weighted by molar-refractivity contribution is 0.601. The second-order valence-electron chi connectivity index (χ2n) is 1.88. The third-order valence-electron chi connectivity index (χ3n) is 1.13. The minimum absolute atomic E-state index is 0.113. The summed E-state index contributed by atoms with van der Waals surface area (Å²) in [6.45, 7) is 0. The van der Waals surface area contributed by atoms with Crippen LogP contribution in [0.5, 0.6) is 0 Å². The number of benzene rings is 1. The normalized spacial score (nSPS) is 10.1. The highest BCUT2D eigenvalue weighted by Gasteiger charge is 2.06. The van der Waals surface area contributed by atoms with E-state index in [9.17, 15) is 8.28 Å². The molecule has 0 saturated carbocycles. The van der Waals surface area contributed by atoms with E-state index in [1.54, 1.807) is 0 Å². The van der Waals surface area contributed by atoms with E-state index in [1.807, 2.05) is 0 Å². The van der Waals surface area contributed by atoms with Crippen LogP contribution in [0, 0.1) is 5.82 Å². The maximum absolute atomic E-state index is 12.6. The van der Waals surface area contributed by atoms with E-state index < -0.39 is 5.82 Å². The predicted molar refractivity (Wildman–Crippen MR) is 42.8 cm³/mol. The van der Waals surface area contributed by atoms with E-state index in [0.29, 0.717) is 0 Å². The fourth-order valence-corrected chi connectivity index (χ4v) is 1.13. The zero-order valence-electron chi connectivity index (χ0n) is 5.27. The Labute approximate surface area is 71.8 Å². The van der Waals surface area contributed by atoms with Gasteiger partial charge in [-0.25, -0.2) is 4.39 Å². The second kappa shape index (κ2) is 3.28. The summed E-state index contributed by atoms with van der Waals surface area (Å²) in [6.07, 6.45) is 0. The SMILES string of the molecule is Nc1cc(F)c(SF)cc1Cl. The van der Waals surface area contributed by atoms with Gasteiger partial charge in [0.1, 0.15) is 5.82 Å². The molecule has 1 aromatic carbocycles. The van der Waals surface area contributed by atoms with E-state index in [1.165, 1.54) is 0 Å². The van der Waals surface area contributed by atoms with Crippen LogP contribution in [-0.2, 0) is 0 Å². The molecule has 0 aromatic heterocycles. The van der Waals surface area contributed by atoms with Gasteiger partial charge in [0.25, 0.3) is 0 Å². The number of hydrogen-bond donors (Lipinski definition) is 1. The highest BCUT2D eigenvalue weighted by Crippen LogP contribution is 2.29. The maximum atomic E-state index is 12.6. The van der Waals surface area contributed by atoms with Gasteiger partial charge in [-0.3, -0.25) is 0 Å². The Morgan fingerprint density at radius 2 is 2.09 bits per heavy atom. The quantitative estimate of drug-likeness (QED) is 0.697. The summed E-state index contributed by atoms with van der Waals surface area (Å²) in [5, 5.41) is 0.159. The fraction of sp³-hybridized carbons (Fsp3) is 0. The van der Waals surface area contributed by atoms with Gasteiger partial charge < -0.3 is 5.73 Å². The van der Waals surface area contributed by atoms with E-state index >= 15 is 0 Å². The fourth-order valence-electron chi connectivity index (χ4n) is 0.603. The topological polar surface area (TPSA) is 26.0 Å². The number of rotatable bonds is 1. The molecule has 0 radical (unpaired) electrons. The van der Waals surface area contributed by atoms with Crippen LogP contribution in [-0.4, -0.2) is 0 Å². The first-order valence-electron chi connectivity index (χ1n) is 2.68. The molecule has 0 aliphatic carbocycles. The summed E-state index contributed by atoms with van der Waals surface area (Å²) < 4.78 is 24.5. The van der Waals surface area contributed by atoms with Crippen LogP contribution in [0.4, 0.5) is 14.0 Å². The van der Waals surface area contributed by atoms with E-state index in [4.69, 9.17) is 17.3 Å². The Morgan fingerprint density at radius 1 is 1.45 bits per heavy atom. The number of nitrogen functional groups attached to an aromatic ring is 1. The molecule has 0 aliphatic rings. The summed E-state index contributed by atoms with van der Waals surface area (Å²) in [5.74, 6) is -0.695. The molecule has 0 bridgehead atoms. The summed E-state index contributed by atoms with van der Waals surface area (Å²) in [7, 11) is 0. The van der Waals surface area contributed by atoms with Crippen LogP contribution >= 0.6 is 23.7 Å². The summed E-state index contributed by atoms with van der Waals surface area (Å²) in [6, 6.07) is 2.14. The molecule has 1 aromatic rings. The highest BCUT2D eigenvalue weighted by molar-refractivity contribution is 7.94. The van der Waals surface area contributed by atoms with Crippen LogP contribution in [0.3, 0.4) is 0 Å². The van der Waals surface area contributed by atoms with Gasteiger partial charge in [0.05, 0.1) is 27.8 Å². The monoisotopic (exact) mass is 195 g/mol. The lowest BCUT2D eigenvalue weighted by atomic mass is 10.3. The summed E-state index contributed by atoms with van der Waals surface area (Å²) >= 11 is 5.30. The van der Waals surface area contributed by atoms with Gasteiger partial charge in [-0.2, -0.15) is 3.89 Å². The van der Waals surface area contributed by atoms with Gasteiger partial charge >= 0.3 is 0 Å². The standard InChI is InChI=1S/C6H4ClF2NS/c7-3-1-6(11-9)4(8)2-5(3)10/h1-2H,10H2. The molecular formula is C6H4ClF2NS. The van der Waals surface area contributed by atoms with Gasteiger partial charge in [-0.1, -0.05) is 11.6 Å². The highest BCUT2D eigenvalue weighted by atomic mass is 35.5. The third kappa shape index (κ3) is 1.75. The molecule has 0 spiro atoms. The lowest BCUT2D eigenvalue weighted by Crippen LogP contribution is -1.89. The number of nitrogens with two attached hydrogens (primary N) is 1. The van der Waals surface area contributed by atoms with Crippen molar-refractivity contribution >= 4 is 29.4 Å². The first-order chi connectivity index (χ1) is 5.15. The molecule has 0 aliphatic heterocycles. The summed E-state index contributed by atoms with van der Waals surface area (Å²) in [4.78, 5) is -0.149. The average molecular weight is 196 g/mol. The minimum atomic E-state index is -0.695. The Bertz CT molecular complexity index is 280. The minimum Gasteiger partial charge on any atom is -0.397 e. The zero-order valence-corrected chi connectivity index (χ0v) is 6.85. The number of anilines is 1. The van der Waals surface area contributed by atoms with E-state index in [2.05, 4.69) is 0 Å². The third-order valence-corrected chi connectivity index (χ3v) is 1.94. The molecule has 1 rings (SSSR count). The van der Waals surface area contributed by atoms with E-state index in [-0.39, 0.29) is 27.8 Å². The van der Waals surface area contributed by atoms with Gasteiger partial charge in [-0.15, -0.1) is 0 Å². The average Bonchev–Trinajstić information content (AvgIpc) is 1.97. The molecule has 0 saturated heterocycles. The van der Waals surface area contributed by atoms with Crippen molar-refractivity contribution in [1.82, 2.24) is 0 Å². The molecule has 60 valence electrons. The molecule has 0 unspecified atom stereocenters. The van der Waals surface area contributed by atoms with Crippen LogP contribution in [0.15, 0.2) is 17.0 Å². The van der Waals surface area contributed by atoms with Gasteiger partial charge in [0.15, 0.2) is 0 Å². The van der Waals surface area contributed by atoms with Gasteiger partial charge in [0.2, 0.25) is 0 Å². The number of hydrogen-bond acceptors (Lipinski definition) is 2. The zero-order chi connectivity index (χ0) is 8.43. The smallest absolute Gasteiger partial charge is 0.141 e. The molecule has 11 heavy (non-hydrogen) atoms.